The van der Waals surface area contributed by atoms with Crippen LogP contribution in [0.1, 0.15) is 39.5 Å². The molecule has 0 aromatic rings. The standard InChI is InChI=1S/C15H28N2O4/c1-15(2,13(18)19)12-7-6-9-17(11-12)14(20)16-8-4-5-10-21-3/h12H,4-11H2,1-3H3,(H,16,20)(H,18,19). The molecule has 0 bridgehead atoms. The first-order chi connectivity index (χ1) is 9.89. The molecular weight excluding hydrogens is 272 g/mol. The van der Waals surface area contributed by atoms with Crippen LogP contribution in [0.2, 0.25) is 0 Å². The lowest BCUT2D eigenvalue weighted by atomic mass is 9.74. The highest BCUT2D eigenvalue weighted by molar-refractivity contribution is 5.76. The third-order valence-electron chi connectivity index (χ3n) is 4.33. The Bertz CT molecular complexity index is 358. The number of likely N-dealkylation sites (tertiary alicyclic amines) is 1. The van der Waals surface area contributed by atoms with E-state index in [4.69, 9.17) is 4.74 Å². The number of nitrogens with one attached hydrogen (secondary N) is 1. The summed E-state index contributed by atoms with van der Waals surface area (Å²) >= 11 is 0. The van der Waals surface area contributed by atoms with Crippen LogP contribution in [0.3, 0.4) is 0 Å². The van der Waals surface area contributed by atoms with E-state index in [0.29, 0.717) is 26.2 Å². The van der Waals surface area contributed by atoms with Crippen molar-refractivity contribution < 1.29 is 19.4 Å². The molecule has 2 N–H and O–H groups in total. The molecule has 1 aliphatic heterocycles. The van der Waals surface area contributed by atoms with Crippen molar-refractivity contribution in [2.45, 2.75) is 39.5 Å². The first-order valence-corrected chi connectivity index (χ1v) is 7.64. The molecule has 6 nitrogen and oxygen atoms in total. The number of piperidine rings is 1. The van der Waals surface area contributed by atoms with Crippen LogP contribution < -0.4 is 5.32 Å². The number of aliphatic carboxylic acids is 1. The van der Waals surface area contributed by atoms with Crippen LogP contribution in [-0.4, -0.2) is 55.4 Å². The SMILES string of the molecule is COCCCCNC(=O)N1CCCC(C(C)(C)C(=O)O)C1. The van der Waals surface area contributed by atoms with E-state index >= 15 is 0 Å². The molecule has 0 spiro atoms. The van der Waals surface area contributed by atoms with E-state index in [9.17, 15) is 14.7 Å². The molecule has 21 heavy (non-hydrogen) atoms. The van der Waals surface area contributed by atoms with E-state index in [-0.39, 0.29) is 11.9 Å². The Morgan fingerprint density at radius 2 is 2.10 bits per heavy atom. The summed E-state index contributed by atoms with van der Waals surface area (Å²) < 4.78 is 4.96. The normalized spacial score (nSPS) is 19.4. The zero-order chi connectivity index (χ0) is 15.9. The summed E-state index contributed by atoms with van der Waals surface area (Å²) in [7, 11) is 1.66. The second kappa shape index (κ2) is 8.22. The Balaban J connectivity index is 2.41. The fraction of sp³-hybridized carbons (Fsp3) is 0.867. The summed E-state index contributed by atoms with van der Waals surface area (Å²) in [4.78, 5) is 25.2. The van der Waals surface area contributed by atoms with Crippen LogP contribution >= 0.6 is 0 Å². The maximum absolute atomic E-state index is 12.1. The number of unbranched alkanes of at least 4 members (excludes halogenated alkanes) is 1. The Morgan fingerprint density at radius 3 is 2.71 bits per heavy atom. The maximum Gasteiger partial charge on any atom is 0.317 e. The number of hydrogen-bond acceptors (Lipinski definition) is 3. The molecule has 0 aromatic heterocycles. The largest absolute Gasteiger partial charge is 0.481 e. The third kappa shape index (κ3) is 5.19. The lowest BCUT2D eigenvalue weighted by molar-refractivity contribution is -0.151. The van der Waals surface area contributed by atoms with E-state index in [1.165, 1.54) is 0 Å². The number of carbonyl (C=O) groups excluding carboxylic acids is 1. The number of ether oxygens (including phenoxy) is 1. The number of rotatable bonds is 7. The van der Waals surface area contributed by atoms with Gasteiger partial charge in [-0.3, -0.25) is 4.79 Å². The number of carboxylic acid groups (broad SMARTS) is 1. The zero-order valence-corrected chi connectivity index (χ0v) is 13.4. The number of carbonyl (C=O) groups is 2. The van der Waals surface area contributed by atoms with E-state index in [2.05, 4.69) is 5.32 Å². The molecule has 0 saturated carbocycles. The molecule has 0 radical (unpaired) electrons. The van der Waals surface area contributed by atoms with Crippen molar-refractivity contribution in [1.82, 2.24) is 10.2 Å². The van der Waals surface area contributed by atoms with Gasteiger partial charge < -0.3 is 20.1 Å². The van der Waals surface area contributed by atoms with Crippen molar-refractivity contribution in [2.24, 2.45) is 11.3 Å². The molecular formula is C15H28N2O4. The van der Waals surface area contributed by atoms with Gasteiger partial charge in [-0.05, 0) is 45.4 Å². The lowest BCUT2D eigenvalue weighted by Crippen LogP contribution is -2.50. The number of hydrogen-bond donors (Lipinski definition) is 2. The maximum atomic E-state index is 12.1. The molecule has 1 heterocycles. The molecule has 1 rings (SSSR count). The second-order valence-electron chi connectivity index (χ2n) is 6.24. The lowest BCUT2D eigenvalue weighted by Gasteiger charge is -2.39. The molecule has 1 aliphatic rings. The van der Waals surface area contributed by atoms with Gasteiger partial charge in [0, 0.05) is 33.4 Å². The minimum atomic E-state index is -0.797. The van der Waals surface area contributed by atoms with Crippen LogP contribution in [-0.2, 0) is 9.53 Å². The molecule has 1 atom stereocenters. The van der Waals surface area contributed by atoms with Gasteiger partial charge in [0.2, 0.25) is 0 Å². The van der Waals surface area contributed by atoms with Gasteiger partial charge in [0.15, 0.2) is 0 Å². The van der Waals surface area contributed by atoms with Crippen molar-refractivity contribution in [3.8, 4) is 0 Å². The van der Waals surface area contributed by atoms with Gasteiger partial charge in [0.25, 0.3) is 0 Å². The van der Waals surface area contributed by atoms with Gasteiger partial charge in [-0.1, -0.05) is 0 Å². The van der Waals surface area contributed by atoms with Crippen LogP contribution in [0.5, 0.6) is 0 Å². The summed E-state index contributed by atoms with van der Waals surface area (Å²) in [5.74, 6) is -0.794. The first-order valence-electron chi connectivity index (χ1n) is 7.64. The molecule has 1 saturated heterocycles. The molecule has 2 amide bonds. The number of amides is 2. The fourth-order valence-corrected chi connectivity index (χ4v) is 2.60. The number of methoxy groups -OCH3 is 1. The fourth-order valence-electron chi connectivity index (χ4n) is 2.60. The van der Waals surface area contributed by atoms with Gasteiger partial charge in [-0.2, -0.15) is 0 Å². The monoisotopic (exact) mass is 300 g/mol. The molecule has 1 fully saturated rings. The molecule has 0 aliphatic carbocycles. The van der Waals surface area contributed by atoms with E-state index in [1.54, 1.807) is 25.9 Å². The predicted molar refractivity (Wildman–Crippen MR) is 80.2 cm³/mol. The van der Waals surface area contributed by atoms with Gasteiger partial charge in [-0.15, -0.1) is 0 Å². The van der Waals surface area contributed by atoms with Crippen LogP contribution in [0.25, 0.3) is 0 Å². The average Bonchev–Trinajstić information content (AvgIpc) is 2.46. The third-order valence-corrected chi connectivity index (χ3v) is 4.33. The topological polar surface area (TPSA) is 78.9 Å². The van der Waals surface area contributed by atoms with Gasteiger partial charge >= 0.3 is 12.0 Å². The minimum Gasteiger partial charge on any atom is -0.481 e. The quantitative estimate of drug-likeness (QED) is 0.704. The Hall–Kier alpha value is -1.30. The first kappa shape index (κ1) is 17.8. The Labute approximate surface area is 126 Å². The van der Waals surface area contributed by atoms with Gasteiger partial charge in [0.05, 0.1) is 5.41 Å². The average molecular weight is 300 g/mol. The number of carboxylic acids is 1. The molecule has 0 aromatic carbocycles. The summed E-state index contributed by atoms with van der Waals surface area (Å²) in [5, 5.41) is 12.2. The summed E-state index contributed by atoms with van der Waals surface area (Å²) in [5.41, 5.74) is -0.794. The number of urea groups is 1. The van der Waals surface area contributed by atoms with Crippen molar-refractivity contribution in [3.63, 3.8) is 0 Å². The van der Waals surface area contributed by atoms with Crippen LogP contribution in [0, 0.1) is 11.3 Å². The smallest absolute Gasteiger partial charge is 0.317 e. The van der Waals surface area contributed by atoms with E-state index in [0.717, 1.165) is 25.7 Å². The Kier molecular flexibility index (Phi) is 6.95. The highest BCUT2D eigenvalue weighted by atomic mass is 16.5. The van der Waals surface area contributed by atoms with Crippen molar-refractivity contribution in [2.75, 3.05) is 33.4 Å². The molecule has 1 unspecified atom stereocenters. The van der Waals surface area contributed by atoms with Crippen molar-refractivity contribution in [1.29, 1.82) is 0 Å². The highest BCUT2D eigenvalue weighted by Crippen LogP contribution is 2.34. The van der Waals surface area contributed by atoms with Crippen molar-refractivity contribution in [3.05, 3.63) is 0 Å². The second-order valence-corrected chi connectivity index (χ2v) is 6.24. The summed E-state index contributed by atoms with van der Waals surface area (Å²) in [6.07, 6.45) is 3.53. The molecule has 122 valence electrons. The van der Waals surface area contributed by atoms with E-state index < -0.39 is 11.4 Å². The van der Waals surface area contributed by atoms with Gasteiger partial charge in [-0.25, -0.2) is 4.79 Å². The van der Waals surface area contributed by atoms with Crippen LogP contribution in [0.15, 0.2) is 0 Å². The zero-order valence-electron chi connectivity index (χ0n) is 13.4. The Morgan fingerprint density at radius 1 is 1.38 bits per heavy atom. The highest BCUT2D eigenvalue weighted by Gasteiger charge is 2.39. The van der Waals surface area contributed by atoms with Crippen LogP contribution in [0.4, 0.5) is 4.79 Å². The summed E-state index contributed by atoms with van der Waals surface area (Å²) in [6.45, 7) is 6.04. The molecule has 6 heteroatoms. The minimum absolute atomic E-state index is 0.00277. The predicted octanol–water partition coefficient (Wildman–Crippen LogP) is 1.95. The van der Waals surface area contributed by atoms with Gasteiger partial charge in [0.1, 0.15) is 0 Å². The van der Waals surface area contributed by atoms with E-state index in [1.807, 2.05) is 0 Å². The number of nitrogens with zero attached hydrogens (tertiary/aromatic N) is 1. The van der Waals surface area contributed by atoms with Crippen molar-refractivity contribution >= 4 is 12.0 Å². The summed E-state index contributed by atoms with van der Waals surface area (Å²) in [6, 6.07) is -0.0849.